The Bertz CT molecular complexity index is 1450. The molecule has 4 N–H and O–H groups in total. The molecule has 0 aromatic heterocycles. The normalized spacial score (nSPS) is 20.0. The summed E-state index contributed by atoms with van der Waals surface area (Å²) in [6.07, 6.45) is 5.30. The van der Waals surface area contributed by atoms with Crippen LogP contribution in [-0.4, -0.2) is 115 Å². The van der Waals surface area contributed by atoms with E-state index in [0.717, 1.165) is 44.1 Å². The van der Waals surface area contributed by atoms with Gasteiger partial charge in [-0.1, -0.05) is 70.4 Å². The molecule has 1 saturated heterocycles. The number of rotatable bonds is 18. The van der Waals surface area contributed by atoms with Gasteiger partial charge in [0.15, 0.2) is 0 Å². The summed E-state index contributed by atoms with van der Waals surface area (Å²) in [6, 6.07) is 6.90. The van der Waals surface area contributed by atoms with Gasteiger partial charge in [0.2, 0.25) is 23.6 Å². The number of esters is 1. The molecule has 13 heteroatoms. The molecule has 2 fully saturated rings. The molecule has 7 atom stereocenters. The lowest BCUT2D eigenvalue weighted by atomic mass is 9.80. The zero-order chi connectivity index (χ0) is 42.0. The molecular formula is C43H71N5O8. The Balaban J connectivity index is 1.83. The van der Waals surface area contributed by atoms with Crippen molar-refractivity contribution < 1.29 is 38.2 Å². The van der Waals surface area contributed by atoms with Gasteiger partial charge in [-0.05, 0) is 77.7 Å². The molecule has 3 rings (SSSR count). The van der Waals surface area contributed by atoms with Crippen LogP contribution in [0.25, 0.3) is 0 Å². The highest BCUT2D eigenvalue weighted by atomic mass is 16.6. The predicted molar refractivity (Wildman–Crippen MR) is 216 cm³/mol. The fourth-order valence-electron chi connectivity index (χ4n) is 8.19. The van der Waals surface area contributed by atoms with Crippen LogP contribution in [-0.2, 0) is 44.6 Å². The number of benzene rings is 1. The molecule has 1 aliphatic heterocycles. The van der Waals surface area contributed by atoms with Crippen LogP contribution in [0.4, 0.5) is 0 Å². The van der Waals surface area contributed by atoms with Crippen LogP contribution < -0.4 is 16.4 Å². The summed E-state index contributed by atoms with van der Waals surface area (Å²) < 4.78 is 17.8. The lowest BCUT2D eigenvalue weighted by Gasteiger charge is -2.43. The monoisotopic (exact) mass is 786 g/mol. The Morgan fingerprint density at radius 1 is 0.893 bits per heavy atom. The van der Waals surface area contributed by atoms with Gasteiger partial charge in [0.05, 0.1) is 42.2 Å². The Hall–Kier alpha value is -3.55. The molecule has 2 aliphatic rings. The fourth-order valence-corrected chi connectivity index (χ4v) is 8.19. The number of carbonyl (C=O) groups is 5. The Kier molecular flexibility index (Phi) is 17.3. The van der Waals surface area contributed by atoms with E-state index in [0.29, 0.717) is 13.0 Å². The second kappa shape index (κ2) is 20.7. The van der Waals surface area contributed by atoms with E-state index in [1.54, 1.807) is 65.5 Å². The second-order valence-corrected chi connectivity index (χ2v) is 17.8. The average Bonchev–Trinajstić information content (AvgIpc) is 3.62. The van der Waals surface area contributed by atoms with E-state index in [2.05, 4.69) is 10.6 Å². The van der Waals surface area contributed by atoms with E-state index >= 15 is 0 Å². The van der Waals surface area contributed by atoms with Crippen molar-refractivity contribution in [2.75, 3.05) is 27.8 Å². The summed E-state index contributed by atoms with van der Waals surface area (Å²) in [7, 11) is 4.86. The van der Waals surface area contributed by atoms with Gasteiger partial charge < -0.3 is 40.4 Å². The Morgan fingerprint density at radius 2 is 1.52 bits per heavy atom. The van der Waals surface area contributed by atoms with Crippen molar-refractivity contribution in [3.05, 3.63) is 35.9 Å². The number of methoxy groups -OCH3 is 2. The van der Waals surface area contributed by atoms with E-state index in [-0.39, 0.29) is 42.4 Å². The minimum atomic E-state index is -1.16. The number of likely N-dealkylation sites (N-methyl/N-ethyl adjacent to an activating group) is 1. The Labute approximate surface area is 335 Å². The number of hydrogen-bond acceptors (Lipinski definition) is 9. The van der Waals surface area contributed by atoms with Crippen molar-refractivity contribution in [3.63, 3.8) is 0 Å². The summed E-state index contributed by atoms with van der Waals surface area (Å²) in [5.74, 6) is -2.54. The number of nitrogens with zero attached hydrogens (tertiary/aromatic N) is 2. The van der Waals surface area contributed by atoms with Crippen LogP contribution in [0.15, 0.2) is 30.3 Å². The maximum absolute atomic E-state index is 14.4. The zero-order valence-electron chi connectivity index (χ0n) is 35.9. The molecule has 0 radical (unpaired) electrons. The van der Waals surface area contributed by atoms with Gasteiger partial charge in [-0.2, -0.15) is 0 Å². The average molecular weight is 786 g/mol. The number of carbonyl (C=O) groups excluding carboxylic acids is 5. The van der Waals surface area contributed by atoms with E-state index in [1.807, 2.05) is 44.2 Å². The first-order valence-corrected chi connectivity index (χ1v) is 20.5. The van der Waals surface area contributed by atoms with Crippen molar-refractivity contribution in [3.8, 4) is 0 Å². The predicted octanol–water partition coefficient (Wildman–Crippen LogP) is 4.39. The lowest BCUT2D eigenvalue weighted by molar-refractivity contribution is -0.159. The van der Waals surface area contributed by atoms with Crippen molar-refractivity contribution in [2.45, 2.75) is 161 Å². The quantitative estimate of drug-likeness (QED) is 0.183. The highest BCUT2D eigenvalue weighted by molar-refractivity contribution is 5.92. The summed E-state index contributed by atoms with van der Waals surface area (Å²) in [6.45, 7) is 14.6. The molecule has 56 heavy (non-hydrogen) atoms. The highest BCUT2D eigenvalue weighted by Crippen LogP contribution is 2.34. The molecule has 1 aromatic carbocycles. The van der Waals surface area contributed by atoms with Crippen LogP contribution in [0.2, 0.25) is 0 Å². The molecule has 4 amide bonds. The first-order chi connectivity index (χ1) is 26.2. The van der Waals surface area contributed by atoms with Crippen molar-refractivity contribution >= 4 is 29.6 Å². The number of ether oxygens (including phenoxy) is 3. The maximum atomic E-state index is 14.4. The molecule has 1 heterocycles. The third-order valence-electron chi connectivity index (χ3n) is 11.3. The smallest absolute Gasteiger partial charge is 0.329 e. The number of likely N-dealkylation sites (tertiary alicyclic amines) is 1. The minimum Gasteiger partial charge on any atom is -0.458 e. The largest absolute Gasteiger partial charge is 0.458 e. The summed E-state index contributed by atoms with van der Waals surface area (Å²) in [4.78, 5) is 72.3. The van der Waals surface area contributed by atoms with E-state index in [1.165, 1.54) is 7.11 Å². The first kappa shape index (κ1) is 46.8. The first-order valence-electron chi connectivity index (χ1n) is 20.5. The van der Waals surface area contributed by atoms with Gasteiger partial charge in [0, 0.05) is 34.2 Å². The Morgan fingerprint density at radius 3 is 2.05 bits per heavy atom. The highest BCUT2D eigenvalue weighted by Gasteiger charge is 2.44. The molecule has 0 unspecified atom stereocenters. The standard InChI is InChI=1S/C43H71N5O8/c1-27(2)35(46-41(53)43(7,8)44)39(51)47(9)36(30-21-16-13-17-22-30)33(54-10)26-34(49)48-24-18-23-32(48)37(55-11)28(3)38(50)45-31(40(52)56-42(4,5)6)25-29-19-14-12-15-20-29/h12,14-15,19-20,27-28,30-33,35-37H,13,16-18,21-26,44H2,1-11H3,(H,45,50)(H,46,53)/t28-,31+,32+,33-,35+,36+,37-/m1/s1. The SMILES string of the molecule is CO[C@H]([C@@H](C)C(=O)N[C@@H](Cc1ccccc1)C(=O)OC(C)(C)C)[C@@H]1CCCN1C(=O)C[C@@H](OC)[C@H](C1CCCCC1)N(C)C(=O)[C@@H](NC(=O)C(C)(C)N)C(C)C. The van der Waals surface area contributed by atoms with E-state index in [9.17, 15) is 24.0 Å². The molecule has 0 spiro atoms. The van der Waals surface area contributed by atoms with Crippen LogP contribution in [0, 0.1) is 17.8 Å². The summed E-state index contributed by atoms with van der Waals surface area (Å²) >= 11 is 0. The fraction of sp³-hybridized carbons (Fsp3) is 0.744. The number of amides is 4. The van der Waals surface area contributed by atoms with Gasteiger partial charge in [-0.3, -0.25) is 19.2 Å². The lowest BCUT2D eigenvalue weighted by Crippen LogP contribution is -2.61. The third-order valence-corrected chi connectivity index (χ3v) is 11.3. The van der Waals surface area contributed by atoms with Gasteiger partial charge in [-0.25, -0.2) is 4.79 Å². The third kappa shape index (κ3) is 13.0. The van der Waals surface area contributed by atoms with Crippen LogP contribution in [0.5, 0.6) is 0 Å². The molecular weight excluding hydrogens is 714 g/mol. The molecule has 1 saturated carbocycles. The molecule has 1 aromatic rings. The van der Waals surface area contributed by atoms with E-state index in [4.69, 9.17) is 19.9 Å². The molecule has 13 nitrogen and oxygen atoms in total. The summed E-state index contributed by atoms with van der Waals surface area (Å²) in [5.41, 5.74) is 5.05. The number of nitrogens with one attached hydrogen (secondary N) is 2. The van der Waals surface area contributed by atoms with Gasteiger partial charge in [0.25, 0.3) is 0 Å². The van der Waals surface area contributed by atoms with Crippen LogP contribution in [0.3, 0.4) is 0 Å². The van der Waals surface area contributed by atoms with Crippen LogP contribution >= 0.6 is 0 Å². The van der Waals surface area contributed by atoms with Crippen molar-refractivity contribution in [1.29, 1.82) is 0 Å². The minimum absolute atomic E-state index is 0.0229. The number of hydrogen-bond donors (Lipinski definition) is 3. The van der Waals surface area contributed by atoms with Crippen molar-refractivity contribution in [2.24, 2.45) is 23.5 Å². The topological polar surface area (TPSA) is 170 Å². The van der Waals surface area contributed by atoms with Gasteiger partial charge in [0.1, 0.15) is 17.7 Å². The van der Waals surface area contributed by atoms with Crippen LogP contribution in [0.1, 0.15) is 112 Å². The van der Waals surface area contributed by atoms with Gasteiger partial charge in [-0.15, -0.1) is 0 Å². The number of nitrogens with two attached hydrogens (primary N) is 1. The molecule has 316 valence electrons. The maximum Gasteiger partial charge on any atom is 0.329 e. The summed E-state index contributed by atoms with van der Waals surface area (Å²) in [5, 5.41) is 5.81. The zero-order valence-corrected chi connectivity index (χ0v) is 35.9. The molecule has 0 bridgehead atoms. The van der Waals surface area contributed by atoms with Crippen molar-refractivity contribution in [1.82, 2.24) is 20.4 Å². The molecule has 1 aliphatic carbocycles. The second-order valence-electron chi connectivity index (χ2n) is 17.8. The van der Waals surface area contributed by atoms with E-state index < -0.39 is 65.3 Å². The van der Waals surface area contributed by atoms with Gasteiger partial charge >= 0.3 is 5.97 Å².